The Hall–Kier alpha value is -0.980. The molecule has 0 atom stereocenters. The third-order valence-corrected chi connectivity index (χ3v) is 1.65. The molecule has 0 aliphatic heterocycles. The molecule has 0 spiro atoms. The maximum Gasteiger partial charge on any atom is 0.0571 e. The van der Waals surface area contributed by atoms with Gasteiger partial charge < -0.3 is 5.73 Å². The minimum atomic E-state index is 0.640. The lowest BCUT2D eigenvalue weighted by Gasteiger charge is -2.06. The Balaban J connectivity index is 2.78. The molecule has 0 amide bonds. The Kier molecular flexibility index (Phi) is 2.53. The molecule has 1 radical (unpaired) electrons. The lowest BCUT2D eigenvalue weighted by Crippen LogP contribution is -1.94. The molecular formula is C10H14N. The van der Waals surface area contributed by atoms with Crippen molar-refractivity contribution >= 4 is 5.69 Å². The van der Waals surface area contributed by atoms with Crippen molar-refractivity contribution in [2.45, 2.75) is 20.3 Å². The summed E-state index contributed by atoms with van der Waals surface area (Å²) in [6.45, 7) is 4.35. The van der Waals surface area contributed by atoms with E-state index in [0.717, 1.165) is 12.0 Å². The maximum atomic E-state index is 7.56. The third-order valence-electron chi connectivity index (χ3n) is 1.65. The quantitative estimate of drug-likeness (QED) is 0.616. The molecule has 1 N–H and O–H groups in total. The second-order valence-corrected chi connectivity index (χ2v) is 3.26. The van der Waals surface area contributed by atoms with Gasteiger partial charge in [-0.05, 0) is 24.0 Å². The fraction of sp³-hybridized carbons (Fsp3) is 0.400. The van der Waals surface area contributed by atoms with E-state index in [1.807, 2.05) is 24.3 Å². The molecule has 1 rings (SSSR count). The van der Waals surface area contributed by atoms with Crippen LogP contribution in [0.5, 0.6) is 0 Å². The Morgan fingerprint density at radius 3 is 2.45 bits per heavy atom. The summed E-state index contributed by atoms with van der Waals surface area (Å²) < 4.78 is 0. The van der Waals surface area contributed by atoms with Crippen molar-refractivity contribution in [2.75, 3.05) is 0 Å². The molecule has 1 aromatic carbocycles. The summed E-state index contributed by atoms with van der Waals surface area (Å²) in [5.41, 5.74) is 9.39. The normalized spacial score (nSPS) is 10.5. The van der Waals surface area contributed by atoms with E-state index < -0.39 is 0 Å². The zero-order valence-electron chi connectivity index (χ0n) is 7.09. The first-order valence-corrected chi connectivity index (χ1v) is 3.99. The highest BCUT2D eigenvalue weighted by Gasteiger charge is 2.00. The maximum absolute atomic E-state index is 7.56. The molecule has 0 saturated heterocycles. The molecule has 0 aromatic heterocycles. The van der Waals surface area contributed by atoms with Crippen LogP contribution in [0.4, 0.5) is 5.69 Å². The van der Waals surface area contributed by atoms with Crippen molar-refractivity contribution in [3.63, 3.8) is 0 Å². The van der Waals surface area contributed by atoms with Crippen molar-refractivity contribution in [3.05, 3.63) is 29.8 Å². The number of nitrogens with one attached hydrogen (secondary N) is 1. The summed E-state index contributed by atoms with van der Waals surface area (Å²) >= 11 is 0. The third kappa shape index (κ3) is 2.26. The minimum Gasteiger partial charge on any atom is -0.301 e. The number of hydrogen-bond donors (Lipinski definition) is 0. The molecule has 0 bridgehead atoms. The smallest absolute Gasteiger partial charge is 0.0571 e. The largest absolute Gasteiger partial charge is 0.301 e. The summed E-state index contributed by atoms with van der Waals surface area (Å²) in [7, 11) is 0. The van der Waals surface area contributed by atoms with Crippen molar-refractivity contribution in [1.29, 1.82) is 0 Å². The standard InChI is InChI=1S/C10H14N/c1-8(2)7-9-5-3-4-6-10(9)11/h3-6,8,11H,7H2,1-2H3. The molecule has 1 aromatic rings. The van der Waals surface area contributed by atoms with E-state index in [4.69, 9.17) is 5.73 Å². The van der Waals surface area contributed by atoms with Gasteiger partial charge in [-0.15, -0.1) is 0 Å². The topological polar surface area (TPSA) is 23.8 Å². The zero-order chi connectivity index (χ0) is 8.27. The highest BCUT2D eigenvalue weighted by molar-refractivity contribution is 5.42. The lowest BCUT2D eigenvalue weighted by molar-refractivity contribution is 0.647. The van der Waals surface area contributed by atoms with Gasteiger partial charge in [-0.1, -0.05) is 32.0 Å². The summed E-state index contributed by atoms with van der Waals surface area (Å²) in [6, 6.07) is 7.78. The second kappa shape index (κ2) is 3.42. The molecule has 1 heteroatoms. The molecule has 0 heterocycles. The molecule has 0 aliphatic carbocycles. The average molecular weight is 148 g/mol. The van der Waals surface area contributed by atoms with Gasteiger partial charge in [0.1, 0.15) is 0 Å². The molecule has 0 saturated carbocycles. The van der Waals surface area contributed by atoms with E-state index in [2.05, 4.69) is 13.8 Å². The van der Waals surface area contributed by atoms with Crippen LogP contribution in [0.15, 0.2) is 24.3 Å². The SMILES string of the molecule is CC(C)Cc1ccccc1[NH]. The first kappa shape index (κ1) is 8.12. The van der Waals surface area contributed by atoms with Crippen LogP contribution in [0.3, 0.4) is 0 Å². The lowest BCUT2D eigenvalue weighted by atomic mass is 10.0. The summed E-state index contributed by atoms with van der Waals surface area (Å²) in [6.07, 6.45) is 1.01. The molecule has 0 fully saturated rings. The van der Waals surface area contributed by atoms with Gasteiger partial charge in [0.05, 0.1) is 5.69 Å². The van der Waals surface area contributed by atoms with Crippen LogP contribution in [0, 0.1) is 5.92 Å². The van der Waals surface area contributed by atoms with Crippen molar-refractivity contribution < 1.29 is 0 Å². The minimum absolute atomic E-state index is 0.640. The molecule has 0 aliphatic rings. The van der Waals surface area contributed by atoms with Gasteiger partial charge in [-0.3, -0.25) is 0 Å². The van der Waals surface area contributed by atoms with Crippen LogP contribution >= 0.6 is 0 Å². The first-order chi connectivity index (χ1) is 5.20. The van der Waals surface area contributed by atoms with Crippen LogP contribution in [0.2, 0.25) is 0 Å². The van der Waals surface area contributed by atoms with Crippen LogP contribution < -0.4 is 5.73 Å². The van der Waals surface area contributed by atoms with Gasteiger partial charge in [-0.2, -0.15) is 0 Å². The fourth-order valence-electron chi connectivity index (χ4n) is 1.14. The van der Waals surface area contributed by atoms with Crippen LogP contribution in [0.25, 0.3) is 0 Å². The number of hydrogen-bond acceptors (Lipinski definition) is 0. The summed E-state index contributed by atoms with van der Waals surface area (Å²) in [5, 5.41) is 0. The zero-order valence-corrected chi connectivity index (χ0v) is 7.09. The second-order valence-electron chi connectivity index (χ2n) is 3.26. The van der Waals surface area contributed by atoms with Gasteiger partial charge in [0.15, 0.2) is 0 Å². The monoisotopic (exact) mass is 148 g/mol. The highest BCUT2D eigenvalue weighted by atomic mass is 14.6. The van der Waals surface area contributed by atoms with Gasteiger partial charge in [0.25, 0.3) is 0 Å². The fourth-order valence-corrected chi connectivity index (χ4v) is 1.14. The van der Waals surface area contributed by atoms with Crippen LogP contribution in [-0.2, 0) is 6.42 Å². The number of rotatable bonds is 2. The van der Waals surface area contributed by atoms with Gasteiger partial charge in [0, 0.05) is 0 Å². The van der Waals surface area contributed by atoms with Gasteiger partial charge in [-0.25, -0.2) is 0 Å². The van der Waals surface area contributed by atoms with Crippen LogP contribution in [0.1, 0.15) is 19.4 Å². The predicted molar refractivity (Wildman–Crippen MR) is 47.7 cm³/mol. The van der Waals surface area contributed by atoms with E-state index >= 15 is 0 Å². The molecule has 59 valence electrons. The molecule has 1 nitrogen and oxygen atoms in total. The Morgan fingerprint density at radius 2 is 1.91 bits per heavy atom. The van der Waals surface area contributed by atoms with Gasteiger partial charge >= 0.3 is 0 Å². The predicted octanol–water partition coefficient (Wildman–Crippen LogP) is 2.80. The van der Waals surface area contributed by atoms with E-state index in [-0.39, 0.29) is 0 Å². The van der Waals surface area contributed by atoms with E-state index in [1.165, 1.54) is 0 Å². The molecule has 0 unspecified atom stereocenters. The van der Waals surface area contributed by atoms with Gasteiger partial charge in [0.2, 0.25) is 0 Å². The summed E-state index contributed by atoms with van der Waals surface area (Å²) in [4.78, 5) is 0. The van der Waals surface area contributed by atoms with E-state index in [0.29, 0.717) is 11.6 Å². The van der Waals surface area contributed by atoms with Crippen molar-refractivity contribution in [2.24, 2.45) is 5.92 Å². The van der Waals surface area contributed by atoms with Crippen molar-refractivity contribution in [1.82, 2.24) is 5.73 Å². The Morgan fingerprint density at radius 1 is 1.27 bits per heavy atom. The van der Waals surface area contributed by atoms with E-state index in [9.17, 15) is 0 Å². The Bertz CT molecular complexity index is 228. The number of benzene rings is 1. The molecule has 11 heavy (non-hydrogen) atoms. The highest BCUT2D eigenvalue weighted by Crippen LogP contribution is 2.16. The van der Waals surface area contributed by atoms with Crippen molar-refractivity contribution in [3.8, 4) is 0 Å². The first-order valence-electron chi connectivity index (χ1n) is 3.99. The molecular weight excluding hydrogens is 134 g/mol. The Labute approximate surface area is 68.2 Å². The van der Waals surface area contributed by atoms with Crippen LogP contribution in [-0.4, -0.2) is 0 Å². The average Bonchev–Trinajstić information content (AvgIpc) is 1.93. The summed E-state index contributed by atoms with van der Waals surface area (Å²) in [5.74, 6) is 0.640. The van der Waals surface area contributed by atoms with E-state index in [1.54, 1.807) is 0 Å².